The molecule has 8 heteroatoms. The third-order valence-electron chi connectivity index (χ3n) is 5.85. The maximum atomic E-state index is 14.4. The number of aromatic nitrogens is 6. The van der Waals surface area contributed by atoms with E-state index in [0.29, 0.717) is 12.2 Å². The third kappa shape index (κ3) is 6.19. The molecule has 4 aromatic heterocycles. The Balaban J connectivity index is 0.000000691. The molecule has 6 rings (SSSR count). The molecule has 0 aliphatic carbocycles. The molecule has 7 nitrogen and oxygen atoms in total. The van der Waals surface area contributed by atoms with Crippen LogP contribution in [0, 0.1) is 5.82 Å². The first-order valence-electron chi connectivity index (χ1n) is 12.9. The summed E-state index contributed by atoms with van der Waals surface area (Å²) >= 11 is 0. The van der Waals surface area contributed by atoms with Crippen molar-refractivity contribution in [1.82, 2.24) is 35.5 Å². The van der Waals surface area contributed by atoms with E-state index in [1.165, 1.54) is 0 Å². The van der Waals surface area contributed by atoms with Gasteiger partial charge in [0.15, 0.2) is 5.65 Å². The number of H-pyrrole nitrogens is 2. The van der Waals surface area contributed by atoms with E-state index in [1.807, 2.05) is 51.2 Å². The zero-order valence-electron chi connectivity index (χ0n) is 23.1. The van der Waals surface area contributed by atoms with Crippen molar-refractivity contribution in [2.45, 2.75) is 20.4 Å². The SMILES string of the molecule is C=C.C=C.CC.CNCc1cc(F)cc(-c2cccc3[nH]c(-c4[nH]nc5ncc(-c6cnccn6)cc45)cc23)c1. The molecular formula is C32H34FN7. The molecule has 4 heterocycles. The Morgan fingerprint density at radius 1 is 0.875 bits per heavy atom. The minimum absolute atomic E-state index is 0.252. The highest BCUT2D eigenvalue weighted by molar-refractivity contribution is 6.01. The van der Waals surface area contributed by atoms with Crippen LogP contribution in [0.2, 0.25) is 0 Å². The zero-order valence-corrected chi connectivity index (χ0v) is 23.1. The van der Waals surface area contributed by atoms with Gasteiger partial charge in [0.2, 0.25) is 0 Å². The molecule has 40 heavy (non-hydrogen) atoms. The first kappa shape index (κ1) is 29.6. The molecule has 3 N–H and O–H groups in total. The van der Waals surface area contributed by atoms with E-state index in [2.05, 4.69) is 67.8 Å². The summed E-state index contributed by atoms with van der Waals surface area (Å²) in [5.74, 6) is -0.252. The molecule has 0 atom stereocenters. The fourth-order valence-electron chi connectivity index (χ4n) is 4.35. The smallest absolute Gasteiger partial charge is 0.181 e. The molecule has 0 saturated heterocycles. The van der Waals surface area contributed by atoms with Crippen LogP contribution in [0.1, 0.15) is 19.4 Å². The molecule has 6 aromatic rings. The van der Waals surface area contributed by atoms with Crippen LogP contribution in [-0.4, -0.2) is 37.2 Å². The molecule has 0 spiro atoms. The number of hydrogen-bond acceptors (Lipinski definition) is 5. The van der Waals surface area contributed by atoms with E-state index < -0.39 is 0 Å². The fourth-order valence-corrected chi connectivity index (χ4v) is 4.35. The summed E-state index contributed by atoms with van der Waals surface area (Å²) in [6.45, 7) is 16.6. The van der Waals surface area contributed by atoms with Gasteiger partial charge in [-0.3, -0.25) is 15.1 Å². The van der Waals surface area contributed by atoms with Crippen LogP contribution in [0.4, 0.5) is 4.39 Å². The van der Waals surface area contributed by atoms with Crippen molar-refractivity contribution >= 4 is 21.9 Å². The highest BCUT2D eigenvalue weighted by atomic mass is 19.1. The number of nitrogens with zero attached hydrogens (tertiary/aromatic N) is 4. The van der Waals surface area contributed by atoms with Crippen LogP contribution in [0.3, 0.4) is 0 Å². The monoisotopic (exact) mass is 535 g/mol. The minimum atomic E-state index is -0.252. The van der Waals surface area contributed by atoms with E-state index in [1.54, 1.807) is 36.9 Å². The number of pyridine rings is 1. The number of hydrogen-bond donors (Lipinski definition) is 3. The zero-order chi connectivity index (χ0) is 29.1. The number of rotatable bonds is 5. The normalized spacial score (nSPS) is 10.1. The third-order valence-corrected chi connectivity index (χ3v) is 5.85. The van der Waals surface area contributed by atoms with E-state index in [-0.39, 0.29) is 5.82 Å². The number of fused-ring (bicyclic) bond motifs is 2. The number of nitrogens with one attached hydrogen (secondary N) is 3. The summed E-state index contributed by atoms with van der Waals surface area (Å²) < 4.78 is 14.4. The first-order valence-corrected chi connectivity index (χ1v) is 12.9. The van der Waals surface area contributed by atoms with Crippen molar-refractivity contribution in [1.29, 1.82) is 0 Å². The molecule has 2 aromatic carbocycles. The second-order valence-corrected chi connectivity index (χ2v) is 8.11. The van der Waals surface area contributed by atoms with E-state index in [0.717, 1.165) is 55.6 Å². The van der Waals surface area contributed by atoms with Crippen LogP contribution in [-0.2, 0) is 6.54 Å². The molecule has 0 saturated carbocycles. The van der Waals surface area contributed by atoms with Crippen LogP contribution < -0.4 is 5.32 Å². The van der Waals surface area contributed by atoms with Gasteiger partial charge in [0.25, 0.3) is 0 Å². The van der Waals surface area contributed by atoms with Crippen molar-refractivity contribution in [3.8, 4) is 33.8 Å². The molecular weight excluding hydrogens is 501 g/mol. The Hall–Kier alpha value is -4.95. The van der Waals surface area contributed by atoms with E-state index in [9.17, 15) is 4.39 Å². The van der Waals surface area contributed by atoms with Gasteiger partial charge in [0.05, 0.1) is 23.3 Å². The Bertz CT molecular complexity index is 1670. The summed E-state index contributed by atoms with van der Waals surface area (Å²) in [6, 6.07) is 15.2. The summed E-state index contributed by atoms with van der Waals surface area (Å²) in [6.07, 6.45) is 6.75. The van der Waals surface area contributed by atoms with Crippen LogP contribution >= 0.6 is 0 Å². The molecule has 204 valence electrons. The average molecular weight is 536 g/mol. The lowest BCUT2D eigenvalue weighted by molar-refractivity contribution is 0.624. The molecule has 0 aliphatic heterocycles. The van der Waals surface area contributed by atoms with Gasteiger partial charge in [-0.05, 0) is 60.1 Å². The van der Waals surface area contributed by atoms with Crippen molar-refractivity contribution in [3.05, 3.63) is 111 Å². The molecule has 0 aliphatic rings. The lowest BCUT2D eigenvalue weighted by atomic mass is 9.99. The molecule has 0 bridgehead atoms. The van der Waals surface area contributed by atoms with Crippen LogP contribution in [0.5, 0.6) is 0 Å². The maximum absolute atomic E-state index is 14.4. The first-order chi connectivity index (χ1) is 19.7. The predicted octanol–water partition coefficient (Wildman–Crippen LogP) is 7.72. The van der Waals surface area contributed by atoms with Gasteiger partial charge >= 0.3 is 0 Å². The van der Waals surface area contributed by atoms with Gasteiger partial charge in [0, 0.05) is 47.0 Å². The van der Waals surface area contributed by atoms with Gasteiger partial charge in [0.1, 0.15) is 5.82 Å². The Morgan fingerprint density at radius 3 is 2.40 bits per heavy atom. The lowest BCUT2D eigenvalue weighted by Crippen LogP contribution is -2.05. The van der Waals surface area contributed by atoms with Gasteiger partial charge in [-0.15, -0.1) is 26.3 Å². The van der Waals surface area contributed by atoms with Crippen molar-refractivity contribution in [2.75, 3.05) is 7.05 Å². The van der Waals surface area contributed by atoms with Crippen LogP contribution in [0.15, 0.2) is 99.6 Å². The summed E-state index contributed by atoms with van der Waals surface area (Å²) in [5.41, 5.74) is 7.55. The second-order valence-electron chi connectivity index (χ2n) is 8.11. The van der Waals surface area contributed by atoms with Crippen molar-refractivity contribution in [2.24, 2.45) is 0 Å². The Morgan fingerprint density at radius 2 is 1.68 bits per heavy atom. The number of halogens is 1. The van der Waals surface area contributed by atoms with E-state index in [4.69, 9.17) is 0 Å². The predicted molar refractivity (Wildman–Crippen MR) is 164 cm³/mol. The lowest BCUT2D eigenvalue weighted by Gasteiger charge is -2.07. The summed E-state index contributed by atoms with van der Waals surface area (Å²) in [5, 5.41) is 12.4. The fraction of sp³-hybridized carbons (Fsp3) is 0.125. The topological polar surface area (TPSA) is 95.2 Å². The van der Waals surface area contributed by atoms with Gasteiger partial charge in [-0.2, -0.15) is 5.10 Å². The van der Waals surface area contributed by atoms with Gasteiger partial charge in [-0.1, -0.05) is 26.0 Å². The van der Waals surface area contributed by atoms with E-state index >= 15 is 0 Å². The van der Waals surface area contributed by atoms with Gasteiger partial charge < -0.3 is 10.3 Å². The molecule has 0 fully saturated rings. The molecule has 0 unspecified atom stereocenters. The quantitative estimate of drug-likeness (QED) is 0.196. The molecule has 0 radical (unpaired) electrons. The number of benzene rings is 2. The Kier molecular flexibility index (Phi) is 10.6. The highest BCUT2D eigenvalue weighted by Gasteiger charge is 2.15. The standard InChI is InChI=1S/C26H20FN7.C2H6.2C2H4/c1-28-12-15-7-16(9-18(27)8-15)19-3-2-4-22-20(19)11-23(32-22)25-21-10-17(13-31-26(21)34-33-25)24-14-29-5-6-30-24;3*1-2/h2-11,13-14,28,32H,12H2,1H3,(H,31,33,34);1-2H3;2*1-2H2. The average Bonchev–Trinajstić information content (AvgIpc) is 3.64. The van der Waals surface area contributed by atoms with Crippen LogP contribution in [0.25, 0.3) is 55.7 Å². The largest absolute Gasteiger partial charge is 0.353 e. The van der Waals surface area contributed by atoms with Crippen molar-refractivity contribution in [3.63, 3.8) is 0 Å². The minimum Gasteiger partial charge on any atom is -0.353 e. The van der Waals surface area contributed by atoms with Gasteiger partial charge in [-0.25, -0.2) is 9.37 Å². The Labute approximate surface area is 234 Å². The second kappa shape index (κ2) is 14.3. The summed E-state index contributed by atoms with van der Waals surface area (Å²) in [4.78, 5) is 16.5. The number of aromatic amines is 2. The molecule has 0 amide bonds. The van der Waals surface area contributed by atoms with Crippen molar-refractivity contribution < 1.29 is 4.39 Å². The highest BCUT2D eigenvalue weighted by Crippen LogP contribution is 2.35. The summed E-state index contributed by atoms with van der Waals surface area (Å²) in [7, 11) is 1.85. The maximum Gasteiger partial charge on any atom is 0.181 e.